The average Bonchev–Trinajstić information content (AvgIpc) is 3.03. The van der Waals surface area contributed by atoms with Crippen LogP contribution in [0.1, 0.15) is 21.5 Å². The number of alkyl halides is 3. The summed E-state index contributed by atoms with van der Waals surface area (Å²) in [5.41, 5.74) is 3.74. The SMILES string of the molecule is Cc1cn(NC(=O)c2cnc(-c3ccccn3)nc2)c2ccc(C(F)(F)F)cc12. The number of carbonyl (C=O) groups is 1. The first-order chi connectivity index (χ1) is 13.8. The van der Waals surface area contributed by atoms with Crippen molar-refractivity contribution in [3.05, 3.63) is 77.9 Å². The van der Waals surface area contributed by atoms with Gasteiger partial charge in [-0.3, -0.25) is 19.9 Å². The number of hydrogen-bond acceptors (Lipinski definition) is 4. The third kappa shape index (κ3) is 3.66. The minimum Gasteiger partial charge on any atom is -0.267 e. The Hall–Kier alpha value is -3.75. The number of nitrogens with zero attached hydrogens (tertiary/aromatic N) is 4. The summed E-state index contributed by atoms with van der Waals surface area (Å²) in [5.74, 6) is -0.113. The number of amides is 1. The molecule has 0 unspecified atom stereocenters. The molecule has 0 saturated heterocycles. The van der Waals surface area contributed by atoms with Crippen LogP contribution in [0.4, 0.5) is 13.2 Å². The highest BCUT2D eigenvalue weighted by Crippen LogP contribution is 2.32. The van der Waals surface area contributed by atoms with Crippen molar-refractivity contribution in [3.8, 4) is 11.5 Å². The summed E-state index contributed by atoms with van der Waals surface area (Å²) in [6.45, 7) is 1.68. The number of halogens is 3. The van der Waals surface area contributed by atoms with Crippen molar-refractivity contribution in [3.63, 3.8) is 0 Å². The molecule has 0 aliphatic carbocycles. The third-order valence-electron chi connectivity index (χ3n) is 4.36. The fourth-order valence-corrected chi connectivity index (χ4v) is 2.91. The summed E-state index contributed by atoms with van der Waals surface area (Å²) in [5, 5.41) is 0.405. The van der Waals surface area contributed by atoms with Gasteiger partial charge in [-0.2, -0.15) is 13.2 Å². The second kappa shape index (κ2) is 7.01. The van der Waals surface area contributed by atoms with Gasteiger partial charge < -0.3 is 0 Å². The van der Waals surface area contributed by atoms with Gasteiger partial charge in [0.05, 0.1) is 16.6 Å². The first-order valence-electron chi connectivity index (χ1n) is 8.56. The van der Waals surface area contributed by atoms with Crippen molar-refractivity contribution in [1.82, 2.24) is 19.6 Å². The van der Waals surface area contributed by atoms with E-state index in [2.05, 4.69) is 20.4 Å². The number of hydrogen-bond donors (Lipinski definition) is 1. The molecule has 29 heavy (non-hydrogen) atoms. The first kappa shape index (κ1) is 18.6. The number of fused-ring (bicyclic) bond motifs is 1. The second-order valence-corrected chi connectivity index (χ2v) is 6.36. The molecule has 0 radical (unpaired) electrons. The second-order valence-electron chi connectivity index (χ2n) is 6.36. The number of pyridine rings is 1. The fourth-order valence-electron chi connectivity index (χ4n) is 2.91. The Morgan fingerprint density at radius 3 is 2.48 bits per heavy atom. The average molecular weight is 397 g/mol. The molecule has 9 heteroatoms. The maximum Gasteiger partial charge on any atom is 0.416 e. The lowest BCUT2D eigenvalue weighted by molar-refractivity contribution is -0.137. The Morgan fingerprint density at radius 1 is 1.07 bits per heavy atom. The molecule has 4 rings (SSSR count). The third-order valence-corrected chi connectivity index (χ3v) is 4.36. The Labute approximate surface area is 163 Å². The van der Waals surface area contributed by atoms with Gasteiger partial charge in [0, 0.05) is 30.2 Å². The molecule has 0 saturated carbocycles. The van der Waals surface area contributed by atoms with Crippen LogP contribution in [-0.4, -0.2) is 25.5 Å². The highest BCUT2D eigenvalue weighted by atomic mass is 19.4. The Morgan fingerprint density at radius 2 is 1.83 bits per heavy atom. The van der Waals surface area contributed by atoms with Crippen molar-refractivity contribution in [2.24, 2.45) is 0 Å². The number of aromatic nitrogens is 4. The Balaban J connectivity index is 1.59. The normalized spacial score (nSPS) is 11.6. The van der Waals surface area contributed by atoms with Crippen LogP contribution in [0, 0.1) is 6.92 Å². The predicted octanol–water partition coefficient (Wildman–Crippen LogP) is 4.20. The standard InChI is InChI=1S/C20H14F3N5O/c1-12-11-28(17-6-5-14(8-15(12)17)20(21,22)23)27-19(29)13-9-25-18(26-10-13)16-4-2-3-7-24-16/h2-11H,1H3,(H,27,29). The van der Waals surface area contributed by atoms with E-state index in [0.29, 0.717) is 28.0 Å². The van der Waals surface area contributed by atoms with Gasteiger partial charge in [0.1, 0.15) is 5.69 Å². The van der Waals surface area contributed by atoms with Gasteiger partial charge >= 0.3 is 6.18 Å². The lowest BCUT2D eigenvalue weighted by Crippen LogP contribution is -2.22. The van der Waals surface area contributed by atoms with Gasteiger partial charge in [0.25, 0.3) is 5.91 Å². The molecule has 4 aromatic rings. The molecule has 1 amide bonds. The summed E-state index contributed by atoms with van der Waals surface area (Å²) in [7, 11) is 0. The lowest BCUT2D eigenvalue weighted by atomic mass is 10.1. The van der Waals surface area contributed by atoms with Crippen LogP contribution in [0.3, 0.4) is 0 Å². The monoisotopic (exact) mass is 397 g/mol. The fraction of sp³-hybridized carbons (Fsp3) is 0.100. The van der Waals surface area contributed by atoms with Crippen molar-refractivity contribution in [2.75, 3.05) is 5.43 Å². The molecule has 1 N–H and O–H groups in total. The number of aryl methyl sites for hydroxylation is 1. The topological polar surface area (TPSA) is 72.7 Å². The lowest BCUT2D eigenvalue weighted by Gasteiger charge is -2.10. The van der Waals surface area contributed by atoms with Gasteiger partial charge in [-0.05, 0) is 42.8 Å². The van der Waals surface area contributed by atoms with Crippen molar-refractivity contribution in [1.29, 1.82) is 0 Å². The maximum atomic E-state index is 12.9. The molecule has 0 bridgehead atoms. The van der Waals surface area contributed by atoms with E-state index < -0.39 is 17.6 Å². The quantitative estimate of drug-likeness (QED) is 0.562. The molecule has 146 valence electrons. The van der Waals surface area contributed by atoms with Crippen molar-refractivity contribution in [2.45, 2.75) is 13.1 Å². The highest BCUT2D eigenvalue weighted by Gasteiger charge is 2.31. The zero-order chi connectivity index (χ0) is 20.6. The van der Waals surface area contributed by atoms with Crippen LogP contribution < -0.4 is 5.43 Å². The van der Waals surface area contributed by atoms with Gasteiger partial charge in [-0.25, -0.2) is 9.97 Å². The largest absolute Gasteiger partial charge is 0.416 e. The molecule has 0 aliphatic heterocycles. The van der Waals surface area contributed by atoms with Crippen molar-refractivity contribution < 1.29 is 18.0 Å². The van der Waals surface area contributed by atoms with E-state index in [0.717, 1.165) is 12.1 Å². The smallest absolute Gasteiger partial charge is 0.267 e. The van der Waals surface area contributed by atoms with E-state index >= 15 is 0 Å². The van der Waals surface area contributed by atoms with Crippen molar-refractivity contribution >= 4 is 16.8 Å². The highest BCUT2D eigenvalue weighted by molar-refractivity contribution is 6.00. The first-order valence-corrected chi connectivity index (χ1v) is 8.56. The minimum atomic E-state index is -4.43. The van der Waals surface area contributed by atoms with Gasteiger partial charge in [-0.1, -0.05) is 6.07 Å². The molecule has 0 fully saturated rings. The number of nitrogens with one attached hydrogen (secondary N) is 1. The van der Waals surface area contributed by atoms with E-state index in [4.69, 9.17) is 0 Å². The van der Waals surface area contributed by atoms with Gasteiger partial charge in [-0.15, -0.1) is 0 Å². The predicted molar refractivity (Wildman–Crippen MR) is 101 cm³/mol. The summed E-state index contributed by atoms with van der Waals surface area (Å²) < 4.78 is 40.2. The van der Waals surface area contributed by atoms with E-state index in [-0.39, 0.29) is 5.56 Å². The molecule has 0 atom stereocenters. The van der Waals surface area contributed by atoms with E-state index in [1.165, 1.54) is 23.1 Å². The maximum absolute atomic E-state index is 12.9. The Bertz CT molecular complexity index is 1180. The minimum absolute atomic E-state index is 0.205. The molecule has 3 aromatic heterocycles. The molecule has 0 aliphatic rings. The van der Waals surface area contributed by atoms with E-state index in [1.54, 1.807) is 37.5 Å². The van der Waals surface area contributed by atoms with Gasteiger partial charge in [0.2, 0.25) is 0 Å². The number of benzene rings is 1. The van der Waals surface area contributed by atoms with Crippen LogP contribution in [0.15, 0.2) is 61.2 Å². The van der Waals surface area contributed by atoms with E-state index in [9.17, 15) is 18.0 Å². The summed E-state index contributed by atoms with van der Waals surface area (Å²) in [6, 6.07) is 8.70. The molecular weight excluding hydrogens is 383 g/mol. The van der Waals surface area contributed by atoms with Crippen LogP contribution in [0.25, 0.3) is 22.4 Å². The molecule has 3 heterocycles. The number of carbonyl (C=O) groups excluding carboxylic acids is 1. The summed E-state index contributed by atoms with van der Waals surface area (Å²) >= 11 is 0. The van der Waals surface area contributed by atoms with E-state index in [1.807, 2.05) is 0 Å². The molecule has 1 aromatic carbocycles. The van der Waals surface area contributed by atoms with Crippen LogP contribution in [0.5, 0.6) is 0 Å². The molecule has 6 nitrogen and oxygen atoms in total. The van der Waals surface area contributed by atoms with Crippen LogP contribution in [0.2, 0.25) is 0 Å². The zero-order valence-electron chi connectivity index (χ0n) is 15.1. The summed E-state index contributed by atoms with van der Waals surface area (Å²) in [6.07, 6.45) is 1.48. The van der Waals surface area contributed by atoms with Gasteiger partial charge in [0.15, 0.2) is 5.82 Å². The molecule has 0 spiro atoms. The number of rotatable bonds is 3. The Kier molecular flexibility index (Phi) is 4.50. The van der Waals surface area contributed by atoms with Crippen LogP contribution >= 0.6 is 0 Å². The summed E-state index contributed by atoms with van der Waals surface area (Å²) in [4.78, 5) is 25.0. The van der Waals surface area contributed by atoms with Crippen LogP contribution in [-0.2, 0) is 6.18 Å². The molecular formula is C20H14F3N5O. The zero-order valence-corrected chi connectivity index (χ0v) is 15.1.